The molecule has 0 aliphatic carbocycles. The maximum absolute atomic E-state index is 12.8. The average molecular weight is 262 g/mol. The van der Waals surface area contributed by atoms with Crippen LogP contribution in [0.1, 0.15) is 18.1 Å². The Balaban J connectivity index is 3.21. The average Bonchev–Trinajstić information content (AvgIpc) is 2.27. The van der Waals surface area contributed by atoms with Crippen molar-refractivity contribution in [3.05, 3.63) is 39.4 Å². The van der Waals surface area contributed by atoms with Gasteiger partial charge < -0.3 is 4.90 Å². The first kappa shape index (κ1) is 14.4. The molecule has 0 bridgehead atoms. The molecule has 0 unspecified atom stereocenters. The van der Waals surface area contributed by atoms with E-state index in [4.69, 9.17) is 0 Å². The van der Waals surface area contributed by atoms with Crippen LogP contribution in [0.5, 0.6) is 0 Å². The summed E-state index contributed by atoms with van der Waals surface area (Å²) in [5.74, 6) is 0. The van der Waals surface area contributed by atoms with Crippen LogP contribution in [0.4, 0.5) is 18.9 Å². The Morgan fingerprint density at radius 3 is 2.44 bits per heavy atom. The van der Waals surface area contributed by atoms with Crippen molar-refractivity contribution in [2.45, 2.75) is 19.6 Å². The van der Waals surface area contributed by atoms with E-state index >= 15 is 0 Å². The predicted molar refractivity (Wildman–Crippen MR) is 60.1 cm³/mol. The van der Waals surface area contributed by atoms with Crippen LogP contribution >= 0.6 is 0 Å². The van der Waals surface area contributed by atoms with Crippen LogP contribution in [-0.2, 0) is 12.7 Å². The Bertz CT molecular complexity index is 446. The molecule has 0 aliphatic heterocycles. The first-order valence-corrected chi connectivity index (χ1v) is 5.28. The zero-order chi connectivity index (χ0) is 13.9. The fraction of sp³-hybridized carbons (Fsp3) is 0.455. The second-order valence-corrected chi connectivity index (χ2v) is 3.93. The van der Waals surface area contributed by atoms with E-state index in [9.17, 15) is 23.3 Å². The van der Waals surface area contributed by atoms with E-state index in [0.717, 1.165) is 12.1 Å². The third-order valence-corrected chi connectivity index (χ3v) is 2.59. The lowest BCUT2D eigenvalue weighted by molar-refractivity contribution is -0.385. The molecule has 1 aromatic carbocycles. The van der Waals surface area contributed by atoms with Gasteiger partial charge in [0.25, 0.3) is 5.69 Å². The second kappa shape index (κ2) is 5.34. The molecule has 0 heterocycles. The largest absolute Gasteiger partial charge is 0.416 e. The van der Waals surface area contributed by atoms with E-state index < -0.39 is 22.4 Å². The maximum Gasteiger partial charge on any atom is 0.416 e. The molecule has 0 saturated heterocycles. The Labute approximate surface area is 102 Å². The van der Waals surface area contributed by atoms with Crippen LogP contribution < -0.4 is 0 Å². The van der Waals surface area contributed by atoms with Crippen molar-refractivity contribution < 1.29 is 18.1 Å². The number of non-ortho nitro benzene ring substituents is 1. The number of halogens is 3. The van der Waals surface area contributed by atoms with Crippen molar-refractivity contribution in [1.29, 1.82) is 0 Å². The zero-order valence-electron chi connectivity index (χ0n) is 9.99. The summed E-state index contributed by atoms with van der Waals surface area (Å²) in [7, 11) is 1.68. The van der Waals surface area contributed by atoms with E-state index in [0.29, 0.717) is 12.6 Å². The molecule has 0 radical (unpaired) electrons. The summed E-state index contributed by atoms with van der Waals surface area (Å²) in [5, 5.41) is 10.5. The minimum atomic E-state index is -4.59. The number of nitrogens with zero attached hydrogens (tertiary/aromatic N) is 2. The molecule has 0 N–H and O–H groups in total. The van der Waals surface area contributed by atoms with Gasteiger partial charge in [-0.1, -0.05) is 13.0 Å². The number of hydrogen-bond acceptors (Lipinski definition) is 3. The van der Waals surface area contributed by atoms with Crippen molar-refractivity contribution in [3.63, 3.8) is 0 Å². The van der Waals surface area contributed by atoms with E-state index in [1.807, 2.05) is 6.92 Å². The number of hydrogen-bond donors (Lipinski definition) is 0. The molecular weight excluding hydrogens is 249 g/mol. The second-order valence-electron chi connectivity index (χ2n) is 3.93. The summed E-state index contributed by atoms with van der Waals surface area (Å²) in [6.45, 7) is 2.51. The van der Waals surface area contributed by atoms with Gasteiger partial charge in [0.2, 0.25) is 0 Å². The van der Waals surface area contributed by atoms with Gasteiger partial charge in [0.15, 0.2) is 0 Å². The van der Waals surface area contributed by atoms with Gasteiger partial charge in [-0.3, -0.25) is 10.1 Å². The van der Waals surface area contributed by atoms with Gasteiger partial charge in [-0.05, 0) is 19.2 Å². The van der Waals surface area contributed by atoms with Gasteiger partial charge in [-0.15, -0.1) is 0 Å². The van der Waals surface area contributed by atoms with Crippen LogP contribution in [0.3, 0.4) is 0 Å². The third kappa shape index (κ3) is 3.43. The highest BCUT2D eigenvalue weighted by molar-refractivity contribution is 5.41. The van der Waals surface area contributed by atoms with Crippen molar-refractivity contribution in [2.75, 3.05) is 13.6 Å². The van der Waals surface area contributed by atoms with Crippen molar-refractivity contribution in [3.8, 4) is 0 Å². The van der Waals surface area contributed by atoms with Gasteiger partial charge >= 0.3 is 6.18 Å². The Morgan fingerprint density at radius 1 is 1.39 bits per heavy atom. The molecular formula is C11H13F3N2O2. The smallest absolute Gasteiger partial charge is 0.302 e. The van der Waals surface area contributed by atoms with Crippen molar-refractivity contribution >= 4 is 5.69 Å². The highest BCUT2D eigenvalue weighted by atomic mass is 19.4. The van der Waals surface area contributed by atoms with Gasteiger partial charge in [0.05, 0.1) is 10.5 Å². The SMILES string of the molecule is CCN(C)Cc1ccc([N+](=O)[O-])cc1C(F)(F)F. The monoisotopic (exact) mass is 262 g/mol. The van der Waals surface area contributed by atoms with Crippen LogP contribution in [0, 0.1) is 10.1 Å². The first-order valence-electron chi connectivity index (χ1n) is 5.28. The predicted octanol–water partition coefficient (Wildman–Crippen LogP) is 3.07. The summed E-state index contributed by atoms with van der Waals surface area (Å²) in [6.07, 6.45) is -4.59. The van der Waals surface area contributed by atoms with Crippen LogP contribution in [0.15, 0.2) is 18.2 Å². The van der Waals surface area contributed by atoms with Crippen LogP contribution in [-0.4, -0.2) is 23.4 Å². The number of benzene rings is 1. The Kier molecular flexibility index (Phi) is 4.28. The molecule has 0 fully saturated rings. The van der Waals surface area contributed by atoms with Gasteiger partial charge in [-0.25, -0.2) is 0 Å². The van der Waals surface area contributed by atoms with E-state index in [1.54, 1.807) is 11.9 Å². The number of alkyl halides is 3. The normalized spacial score (nSPS) is 11.9. The molecule has 0 saturated carbocycles. The molecule has 0 spiro atoms. The summed E-state index contributed by atoms with van der Waals surface area (Å²) in [6, 6.07) is 2.83. The Hall–Kier alpha value is -1.63. The lowest BCUT2D eigenvalue weighted by atomic mass is 10.1. The number of rotatable bonds is 4. The summed E-state index contributed by atoms with van der Waals surface area (Å²) < 4.78 is 38.4. The molecule has 1 rings (SSSR count). The summed E-state index contributed by atoms with van der Waals surface area (Å²) >= 11 is 0. The van der Waals surface area contributed by atoms with Gasteiger partial charge in [0, 0.05) is 18.7 Å². The molecule has 4 nitrogen and oxygen atoms in total. The lowest BCUT2D eigenvalue weighted by Gasteiger charge is -2.18. The van der Waals surface area contributed by atoms with E-state index in [2.05, 4.69) is 0 Å². The molecule has 0 amide bonds. The summed E-state index contributed by atoms with van der Waals surface area (Å²) in [5.41, 5.74) is -1.46. The van der Waals surface area contributed by atoms with Crippen molar-refractivity contribution in [1.82, 2.24) is 4.90 Å². The Morgan fingerprint density at radius 2 is 2.00 bits per heavy atom. The molecule has 7 heteroatoms. The lowest BCUT2D eigenvalue weighted by Crippen LogP contribution is -2.20. The standard InChI is InChI=1S/C11H13F3N2O2/c1-3-15(2)7-8-4-5-9(16(17)18)6-10(8)11(12,13)14/h4-6H,3,7H2,1-2H3. The summed E-state index contributed by atoms with van der Waals surface area (Å²) in [4.78, 5) is 11.4. The molecule has 0 aliphatic rings. The molecule has 100 valence electrons. The molecule has 0 atom stereocenters. The number of nitro benzene ring substituents is 1. The highest BCUT2D eigenvalue weighted by Gasteiger charge is 2.35. The van der Waals surface area contributed by atoms with E-state index in [1.165, 1.54) is 0 Å². The topological polar surface area (TPSA) is 46.4 Å². The molecule has 1 aromatic rings. The van der Waals surface area contributed by atoms with Crippen LogP contribution in [0.25, 0.3) is 0 Å². The fourth-order valence-electron chi connectivity index (χ4n) is 1.48. The highest BCUT2D eigenvalue weighted by Crippen LogP contribution is 2.34. The fourth-order valence-corrected chi connectivity index (χ4v) is 1.48. The number of nitro groups is 1. The van der Waals surface area contributed by atoms with Crippen molar-refractivity contribution in [2.24, 2.45) is 0 Å². The maximum atomic E-state index is 12.8. The zero-order valence-corrected chi connectivity index (χ0v) is 9.99. The first-order chi connectivity index (χ1) is 8.25. The van der Waals surface area contributed by atoms with E-state index in [-0.39, 0.29) is 12.1 Å². The van der Waals surface area contributed by atoms with Gasteiger partial charge in [0.1, 0.15) is 0 Å². The minimum Gasteiger partial charge on any atom is -0.302 e. The minimum absolute atomic E-state index is 0.0393. The van der Waals surface area contributed by atoms with Gasteiger partial charge in [-0.2, -0.15) is 13.2 Å². The van der Waals surface area contributed by atoms with Crippen LogP contribution in [0.2, 0.25) is 0 Å². The quantitative estimate of drug-likeness (QED) is 0.618. The molecule has 18 heavy (non-hydrogen) atoms. The third-order valence-electron chi connectivity index (χ3n) is 2.59. The molecule has 0 aromatic heterocycles.